The van der Waals surface area contributed by atoms with Crippen LogP contribution in [0, 0.1) is 0 Å². The minimum absolute atomic E-state index is 0.336. The molecule has 68 valence electrons. The number of fused-ring (bicyclic) bond motifs is 1. The van der Waals surface area contributed by atoms with Crippen LogP contribution in [0.15, 0.2) is 27.6 Å². The van der Waals surface area contributed by atoms with E-state index in [2.05, 4.69) is 15.9 Å². The maximum atomic E-state index is 10.8. The van der Waals surface area contributed by atoms with Crippen LogP contribution in [0.3, 0.4) is 0 Å². The molecule has 0 bridgehead atoms. The first-order valence-corrected chi connectivity index (χ1v) is 5.61. The molecular weight excluding hydrogens is 252 g/mol. The summed E-state index contributed by atoms with van der Waals surface area (Å²) in [7, 11) is 0. The predicted octanol–water partition coefficient (Wildman–Crippen LogP) is 2.72. The third-order valence-corrected chi connectivity index (χ3v) is 3.73. The van der Waals surface area contributed by atoms with Crippen LogP contribution in [-0.2, 0) is 4.79 Å². The van der Waals surface area contributed by atoms with Gasteiger partial charge in [-0.1, -0.05) is 15.9 Å². The lowest BCUT2D eigenvalue weighted by Crippen LogP contribution is -2.10. The van der Waals surface area contributed by atoms with Gasteiger partial charge in [-0.25, -0.2) is 0 Å². The van der Waals surface area contributed by atoms with Crippen molar-refractivity contribution < 1.29 is 9.90 Å². The highest BCUT2D eigenvalue weighted by atomic mass is 79.9. The molecule has 0 fully saturated rings. The van der Waals surface area contributed by atoms with E-state index in [-0.39, 0.29) is 5.92 Å². The van der Waals surface area contributed by atoms with Crippen molar-refractivity contribution in [2.45, 2.75) is 10.8 Å². The van der Waals surface area contributed by atoms with Gasteiger partial charge in [0, 0.05) is 15.1 Å². The second-order valence-electron chi connectivity index (χ2n) is 2.88. The third kappa shape index (κ3) is 1.60. The monoisotopic (exact) mass is 258 g/mol. The number of aliphatic carboxylic acids is 1. The van der Waals surface area contributed by atoms with E-state index >= 15 is 0 Å². The van der Waals surface area contributed by atoms with Crippen LogP contribution in [0.1, 0.15) is 11.5 Å². The van der Waals surface area contributed by atoms with E-state index in [1.165, 1.54) is 0 Å². The summed E-state index contributed by atoms with van der Waals surface area (Å²) >= 11 is 4.95. The number of carboxylic acid groups (broad SMARTS) is 1. The first-order chi connectivity index (χ1) is 6.18. The Morgan fingerprint density at radius 3 is 3.08 bits per heavy atom. The molecule has 2 nitrogen and oxygen atoms in total. The topological polar surface area (TPSA) is 37.3 Å². The molecule has 1 aromatic carbocycles. The second-order valence-corrected chi connectivity index (χ2v) is 4.86. The number of benzene rings is 1. The van der Waals surface area contributed by atoms with Crippen molar-refractivity contribution in [1.82, 2.24) is 0 Å². The van der Waals surface area contributed by atoms with E-state index in [1.807, 2.05) is 18.2 Å². The average Bonchev–Trinajstić information content (AvgIpc) is 2.46. The molecule has 1 N–H and O–H groups in total. The highest BCUT2D eigenvalue weighted by Crippen LogP contribution is 2.40. The van der Waals surface area contributed by atoms with E-state index in [0.717, 1.165) is 14.9 Å². The summed E-state index contributed by atoms with van der Waals surface area (Å²) in [5.41, 5.74) is 0.937. The fourth-order valence-corrected chi connectivity index (χ4v) is 2.97. The lowest BCUT2D eigenvalue weighted by molar-refractivity contribution is -0.138. The fourth-order valence-electron chi connectivity index (χ4n) is 1.39. The summed E-state index contributed by atoms with van der Waals surface area (Å²) in [4.78, 5) is 11.9. The van der Waals surface area contributed by atoms with E-state index in [9.17, 15) is 4.79 Å². The van der Waals surface area contributed by atoms with Crippen molar-refractivity contribution in [2.75, 3.05) is 5.75 Å². The summed E-state index contributed by atoms with van der Waals surface area (Å²) in [5.74, 6) is -0.414. The Morgan fingerprint density at radius 2 is 2.38 bits per heavy atom. The second kappa shape index (κ2) is 3.35. The lowest BCUT2D eigenvalue weighted by Gasteiger charge is -2.04. The van der Waals surface area contributed by atoms with Crippen molar-refractivity contribution in [3.05, 3.63) is 28.2 Å². The number of carbonyl (C=O) groups is 1. The zero-order chi connectivity index (χ0) is 9.42. The number of hydrogen-bond donors (Lipinski definition) is 1. The molecule has 1 aliphatic heterocycles. The standard InChI is InChI=1S/C9H7BrO2S/c10-5-1-2-8-6(3-5)7(4-13-8)9(11)12/h1-3,7H,4H2,(H,11,12). The van der Waals surface area contributed by atoms with Crippen molar-refractivity contribution in [3.8, 4) is 0 Å². The van der Waals surface area contributed by atoms with E-state index in [0.29, 0.717) is 5.75 Å². The zero-order valence-electron chi connectivity index (χ0n) is 6.66. The number of rotatable bonds is 1. The van der Waals surface area contributed by atoms with Gasteiger partial charge in [0.05, 0.1) is 5.92 Å². The predicted molar refractivity (Wildman–Crippen MR) is 55.2 cm³/mol. The Bertz CT molecular complexity index is 365. The molecule has 0 aliphatic carbocycles. The SMILES string of the molecule is O=C(O)C1CSc2ccc(Br)cc21. The summed E-state index contributed by atoms with van der Waals surface area (Å²) in [6.07, 6.45) is 0. The van der Waals surface area contributed by atoms with Gasteiger partial charge < -0.3 is 5.11 Å². The largest absolute Gasteiger partial charge is 0.481 e. The molecule has 1 aliphatic rings. The highest BCUT2D eigenvalue weighted by molar-refractivity contribution is 9.10. The molecule has 13 heavy (non-hydrogen) atoms. The van der Waals surface area contributed by atoms with Gasteiger partial charge in [0.1, 0.15) is 0 Å². The molecule has 0 aromatic heterocycles. The van der Waals surface area contributed by atoms with Gasteiger partial charge in [0.15, 0.2) is 0 Å². The van der Waals surface area contributed by atoms with Gasteiger partial charge in [-0.05, 0) is 23.8 Å². The first-order valence-electron chi connectivity index (χ1n) is 3.83. The van der Waals surface area contributed by atoms with Crippen LogP contribution in [0.25, 0.3) is 0 Å². The molecule has 1 unspecified atom stereocenters. The molecule has 1 heterocycles. The Balaban J connectivity index is 2.46. The molecule has 4 heteroatoms. The Hall–Kier alpha value is -0.480. The van der Waals surface area contributed by atoms with Crippen LogP contribution in [0.5, 0.6) is 0 Å². The van der Waals surface area contributed by atoms with Crippen LogP contribution in [0.2, 0.25) is 0 Å². The lowest BCUT2D eigenvalue weighted by atomic mass is 10.0. The average molecular weight is 259 g/mol. The Morgan fingerprint density at radius 1 is 1.62 bits per heavy atom. The molecule has 1 atom stereocenters. The van der Waals surface area contributed by atoms with Crippen molar-refractivity contribution in [2.24, 2.45) is 0 Å². The van der Waals surface area contributed by atoms with Crippen molar-refractivity contribution >= 4 is 33.7 Å². The molecule has 2 rings (SSSR count). The van der Waals surface area contributed by atoms with Crippen LogP contribution < -0.4 is 0 Å². The maximum absolute atomic E-state index is 10.8. The summed E-state index contributed by atoms with van der Waals surface area (Å²) < 4.78 is 0.944. The van der Waals surface area contributed by atoms with Gasteiger partial charge in [-0.15, -0.1) is 11.8 Å². The van der Waals surface area contributed by atoms with E-state index < -0.39 is 5.97 Å². The van der Waals surface area contributed by atoms with Crippen LogP contribution in [-0.4, -0.2) is 16.8 Å². The van der Waals surface area contributed by atoms with Crippen molar-refractivity contribution in [1.29, 1.82) is 0 Å². The van der Waals surface area contributed by atoms with Gasteiger partial charge in [-0.2, -0.15) is 0 Å². The molecular formula is C9H7BrO2S. The van der Waals surface area contributed by atoms with E-state index in [4.69, 9.17) is 5.11 Å². The molecule has 1 aromatic rings. The van der Waals surface area contributed by atoms with Gasteiger partial charge in [0.25, 0.3) is 0 Å². The highest BCUT2D eigenvalue weighted by Gasteiger charge is 2.28. The minimum Gasteiger partial charge on any atom is -0.481 e. The minimum atomic E-state index is -0.732. The summed E-state index contributed by atoms with van der Waals surface area (Å²) in [5, 5.41) is 8.92. The number of thioether (sulfide) groups is 1. The Kier molecular flexibility index (Phi) is 2.34. The molecule has 0 saturated heterocycles. The first kappa shape index (κ1) is 9.09. The normalized spacial score (nSPS) is 19.9. The summed E-state index contributed by atoms with van der Waals surface area (Å²) in [6.45, 7) is 0. The number of halogens is 1. The number of carboxylic acids is 1. The smallest absolute Gasteiger partial charge is 0.311 e. The number of hydrogen-bond acceptors (Lipinski definition) is 2. The quantitative estimate of drug-likeness (QED) is 0.842. The molecule has 0 saturated carbocycles. The van der Waals surface area contributed by atoms with Crippen LogP contribution >= 0.6 is 27.7 Å². The van der Waals surface area contributed by atoms with Gasteiger partial charge in [-0.3, -0.25) is 4.79 Å². The Labute approximate surface area is 88.5 Å². The fraction of sp³-hybridized carbons (Fsp3) is 0.222. The maximum Gasteiger partial charge on any atom is 0.311 e. The van der Waals surface area contributed by atoms with Crippen molar-refractivity contribution in [3.63, 3.8) is 0 Å². The molecule has 0 spiro atoms. The molecule has 0 amide bonds. The molecule has 0 radical (unpaired) electrons. The van der Waals surface area contributed by atoms with E-state index in [1.54, 1.807) is 11.8 Å². The third-order valence-electron chi connectivity index (χ3n) is 2.05. The van der Waals surface area contributed by atoms with Crippen LogP contribution in [0.4, 0.5) is 0 Å². The summed E-state index contributed by atoms with van der Waals surface area (Å²) in [6, 6.07) is 5.80. The van der Waals surface area contributed by atoms with Gasteiger partial charge >= 0.3 is 5.97 Å². The zero-order valence-corrected chi connectivity index (χ0v) is 9.06. The van der Waals surface area contributed by atoms with Gasteiger partial charge in [0.2, 0.25) is 0 Å².